The minimum atomic E-state index is -0.322. The van der Waals surface area contributed by atoms with Gasteiger partial charge in [-0.2, -0.15) is 0 Å². The Morgan fingerprint density at radius 3 is 2.88 bits per heavy atom. The molecule has 0 spiro atoms. The molecule has 3 nitrogen and oxygen atoms in total. The van der Waals surface area contributed by atoms with Crippen molar-refractivity contribution in [2.75, 3.05) is 17.6 Å². The van der Waals surface area contributed by atoms with E-state index in [2.05, 4.69) is 10.3 Å². The van der Waals surface area contributed by atoms with E-state index in [0.717, 1.165) is 23.7 Å². The van der Waals surface area contributed by atoms with E-state index in [4.69, 9.17) is 5.73 Å². The number of aryl methyl sites for hydroxylation is 1. The third-order valence-corrected chi connectivity index (χ3v) is 3.28. The Morgan fingerprint density at radius 2 is 2.24 bits per heavy atom. The van der Waals surface area contributed by atoms with Gasteiger partial charge in [0.05, 0.1) is 5.01 Å². The fourth-order valence-electron chi connectivity index (χ4n) is 1.55. The summed E-state index contributed by atoms with van der Waals surface area (Å²) in [5.74, 6) is -0.322. The van der Waals surface area contributed by atoms with E-state index in [1.807, 2.05) is 12.3 Å². The first-order valence-electron chi connectivity index (χ1n) is 5.34. The number of anilines is 2. The molecule has 0 bridgehead atoms. The number of nitrogens with one attached hydrogen (secondary N) is 1. The minimum absolute atomic E-state index is 0.322. The number of benzene rings is 1. The molecular weight excluding hydrogens is 237 g/mol. The van der Waals surface area contributed by atoms with Crippen LogP contribution in [0.15, 0.2) is 23.6 Å². The van der Waals surface area contributed by atoms with Gasteiger partial charge in [-0.05, 0) is 25.1 Å². The zero-order valence-corrected chi connectivity index (χ0v) is 10.4. The van der Waals surface area contributed by atoms with Crippen LogP contribution >= 0.6 is 11.3 Å². The maximum absolute atomic E-state index is 13.1. The Hall–Kier alpha value is -1.62. The van der Waals surface area contributed by atoms with E-state index >= 15 is 0 Å². The maximum Gasteiger partial charge on any atom is 0.127 e. The lowest BCUT2D eigenvalue weighted by atomic mass is 10.2. The smallest absolute Gasteiger partial charge is 0.127 e. The summed E-state index contributed by atoms with van der Waals surface area (Å²) in [6.45, 7) is 2.69. The molecule has 2 aromatic rings. The zero-order valence-electron chi connectivity index (χ0n) is 9.53. The van der Waals surface area contributed by atoms with Gasteiger partial charge in [-0.3, -0.25) is 0 Å². The number of thiazole rings is 1. The second-order valence-electron chi connectivity index (χ2n) is 3.83. The Kier molecular flexibility index (Phi) is 3.58. The molecule has 0 saturated carbocycles. The highest BCUT2D eigenvalue weighted by molar-refractivity contribution is 7.09. The molecule has 3 N–H and O–H groups in total. The van der Waals surface area contributed by atoms with E-state index in [9.17, 15) is 4.39 Å². The number of nitrogens with two attached hydrogens (primary N) is 1. The molecule has 0 aliphatic rings. The molecule has 90 valence electrons. The molecule has 0 amide bonds. The summed E-state index contributed by atoms with van der Waals surface area (Å²) in [5.41, 5.74) is 7.73. The first-order valence-corrected chi connectivity index (χ1v) is 6.22. The summed E-state index contributed by atoms with van der Waals surface area (Å²) in [5, 5.41) is 6.24. The molecule has 0 radical (unpaired) electrons. The van der Waals surface area contributed by atoms with Crippen LogP contribution in [0, 0.1) is 12.7 Å². The number of rotatable bonds is 4. The number of nitrogens with zero attached hydrogens (tertiary/aromatic N) is 1. The Labute approximate surface area is 103 Å². The number of nitrogen functional groups attached to an aromatic ring is 1. The van der Waals surface area contributed by atoms with Crippen molar-refractivity contribution in [2.45, 2.75) is 13.3 Å². The van der Waals surface area contributed by atoms with Crippen molar-refractivity contribution in [3.8, 4) is 0 Å². The Balaban J connectivity index is 1.89. The lowest BCUT2D eigenvalue weighted by Crippen LogP contribution is -2.05. The first-order chi connectivity index (χ1) is 8.13. The van der Waals surface area contributed by atoms with Crippen molar-refractivity contribution < 1.29 is 4.39 Å². The number of halogens is 1. The van der Waals surface area contributed by atoms with E-state index < -0.39 is 0 Å². The van der Waals surface area contributed by atoms with Gasteiger partial charge in [0.25, 0.3) is 0 Å². The lowest BCUT2D eigenvalue weighted by molar-refractivity contribution is 0.629. The van der Waals surface area contributed by atoms with Crippen molar-refractivity contribution in [3.63, 3.8) is 0 Å². The van der Waals surface area contributed by atoms with Crippen molar-refractivity contribution >= 4 is 22.7 Å². The average Bonchev–Trinajstić information content (AvgIpc) is 2.63. The van der Waals surface area contributed by atoms with Gasteiger partial charge < -0.3 is 11.1 Å². The molecule has 2 rings (SSSR count). The quantitative estimate of drug-likeness (QED) is 0.821. The van der Waals surface area contributed by atoms with Gasteiger partial charge in [-0.25, -0.2) is 9.37 Å². The maximum atomic E-state index is 13.1. The lowest BCUT2D eigenvalue weighted by Gasteiger charge is -2.06. The van der Waals surface area contributed by atoms with Crippen LogP contribution in [-0.2, 0) is 6.42 Å². The molecule has 1 aromatic heterocycles. The molecule has 17 heavy (non-hydrogen) atoms. The summed E-state index contributed by atoms with van der Waals surface area (Å²) in [6, 6.07) is 4.45. The number of hydrogen-bond acceptors (Lipinski definition) is 4. The summed E-state index contributed by atoms with van der Waals surface area (Å²) in [4.78, 5) is 4.36. The Bertz CT molecular complexity index is 490. The second-order valence-corrected chi connectivity index (χ2v) is 4.78. The van der Waals surface area contributed by atoms with Crippen LogP contribution in [-0.4, -0.2) is 11.5 Å². The molecule has 0 saturated heterocycles. The monoisotopic (exact) mass is 251 g/mol. The van der Waals surface area contributed by atoms with Crippen LogP contribution in [0.3, 0.4) is 0 Å². The predicted octanol–water partition coefficient (Wildman–Crippen LogP) is 2.83. The predicted molar refractivity (Wildman–Crippen MR) is 69.9 cm³/mol. The number of hydrogen-bond donors (Lipinski definition) is 2. The van der Waals surface area contributed by atoms with E-state index in [-0.39, 0.29) is 5.82 Å². The van der Waals surface area contributed by atoms with Gasteiger partial charge in [0, 0.05) is 35.4 Å². The third kappa shape index (κ3) is 3.42. The van der Waals surface area contributed by atoms with Crippen molar-refractivity contribution in [3.05, 3.63) is 40.1 Å². The summed E-state index contributed by atoms with van der Waals surface area (Å²) < 4.78 is 13.1. The normalized spacial score (nSPS) is 10.5. The minimum Gasteiger partial charge on any atom is -0.399 e. The van der Waals surface area contributed by atoms with Gasteiger partial charge in [0.2, 0.25) is 0 Å². The molecular formula is C12H14FN3S. The molecule has 0 aliphatic carbocycles. The van der Waals surface area contributed by atoms with Gasteiger partial charge in [-0.1, -0.05) is 0 Å². The SMILES string of the molecule is Cc1csc(CCNc2cc(N)cc(F)c2)n1. The summed E-state index contributed by atoms with van der Waals surface area (Å²) in [6.07, 6.45) is 0.828. The third-order valence-electron chi connectivity index (χ3n) is 2.25. The standard InChI is InChI=1S/C12H14FN3S/c1-8-7-17-12(16-8)2-3-15-11-5-9(13)4-10(14)6-11/h4-7,15H,2-3,14H2,1H3. The van der Waals surface area contributed by atoms with Gasteiger partial charge in [0.1, 0.15) is 5.82 Å². The summed E-state index contributed by atoms with van der Waals surface area (Å²) in [7, 11) is 0. The first kappa shape index (κ1) is 11.9. The highest BCUT2D eigenvalue weighted by Gasteiger charge is 2.00. The highest BCUT2D eigenvalue weighted by Crippen LogP contribution is 2.16. The second kappa shape index (κ2) is 5.14. The zero-order chi connectivity index (χ0) is 12.3. The fourth-order valence-corrected chi connectivity index (χ4v) is 2.32. The Morgan fingerprint density at radius 1 is 1.41 bits per heavy atom. The van der Waals surface area contributed by atoms with Crippen LogP contribution in [0.2, 0.25) is 0 Å². The van der Waals surface area contributed by atoms with Crippen LogP contribution in [0.1, 0.15) is 10.7 Å². The van der Waals surface area contributed by atoms with E-state index in [1.54, 1.807) is 17.4 Å². The molecule has 5 heteroatoms. The number of aromatic nitrogens is 1. The molecule has 0 atom stereocenters. The highest BCUT2D eigenvalue weighted by atomic mass is 32.1. The van der Waals surface area contributed by atoms with Gasteiger partial charge >= 0.3 is 0 Å². The molecule has 0 unspecified atom stereocenters. The van der Waals surface area contributed by atoms with Crippen LogP contribution in [0.5, 0.6) is 0 Å². The van der Waals surface area contributed by atoms with Crippen molar-refractivity contribution in [2.24, 2.45) is 0 Å². The average molecular weight is 251 g/mol. The van der Waals surface area contributed by atoms with Crippen molar-refractivity contribution in [1.29, 1.82) is 0 Å². The van der Waals surface area contributed by atoms with Gasteiger partial charge in [-0.15, -0.1) is 11.3 Å². The summed E-state index contributed by atoms with van der Waals surface area (Å²) >= 11 is 1.64. The molecule has 1 heterocycles. The van der Waals surface area contributed by atoms with Crippen molar-refractivity contribution in [1.82, 2.24) is 4.98 Å². The fraction of sp³-hybridized carbons (Fsp3) is 0.250. The van der Waals surface area contributed by atoms with Crippen LogP contribution < -0.4 is 11.1 Å². The molecule has 0 fully saturated rings. The van der Waals surface area contributed by atoms with E-state index in [1.165, 1.54) is 12.1 Å². The molecule has 1 aromatic carbocycles. The molecule has 0 aliphatic heterocycles. The van der Waals surface area contributed by atoms with Gasteiger partial charge in [0.15, 0.2) is 0 Å². The van der Waals surface area contributed by atoms with Crippen LogP contribution in [0.4, 0.5) is 15.8 Å². The topological polar surface area (TPSA) is 50.9 Å². The van der Waals surface area contributed by atoms with E-state index in [0.29, 0.717) is 11.4 Å². The van der Waals surface area contributed by atoms with Crippen LogP contribution in [0.25, 0.3) is 0 Å². The largest absolute Gasteiger partial charge is 0.399 e.